The Labute approximate surface area is 169 Å². The Kier molecular flexibility index (Phi) is 5.94. The third-order valence-electron chi connectivity index (χ3n) is 3.86. The second kappa shape index (κ2) is 8.57. The molecule has 0 fully saturated rings. The molecule has 8 nitrogen and oxygen atoms in total. The average Bonchev–Trinajstić information content (AvgIpc) is 2.72. The normalized spacial score (nSPS) is 10.4. The molecule has 0 radical (unpaired) electrons. The summed E-state index contributed by atoms with van der Waals surface area (Å²) < 4.78 is 10.3. The van der Waals surface area contributed by atoms with Gasteiger partial charge in [0.1, 0.15) is 5.58 Å². The maximum Gasteiger partial charge on any atom is 0.374 e. The van der Waals surface area contributed by atoms with Gasteiger partial charge in [-0.25, -0.2) is 4.79 Å². The molecule has 2 amide bonds. The summed E-state index contributed by atoms with van der Waals surface area (Å²) in [7, 11) is 1.49. The zero-order chi connectivity index (χ0) is 21.0. The van der Waals surface area contributed by atoms with Gasteiger partial charge in [0.25, 0.3) is 11.8 Å². The molecular formula is C20H15ClN2O6. The van der Waals surface area contributed by atoms with Crippen LogP contribution < -0.4 is 16.1 Å². The van der Waals surface area contributed by atoms with Crippen LogP contribution in [-0.4, -0.2) is 31.4 Å². The number of fused-ring (bicyclic) bond motifs is 1. The summed E-state index contributed by atoms with van der Waals surface area (Å²) in [5.41, 5.74) is 0.432. The van der Waals surface area contributed by atoms with E-state index in [2.05, 4.69) is 10.6 Å². The van der Waals surface area contributed by atoms with E-state index in [1.54, 1.807) is 18.2 Å². The molecule has 29 heavy (non-hydrogen) atoms. The van der Waals surface area contributed by atoms with Crippen LogP contribution in [0.1, 0.15) is 20.9 Å². The van der Waals surface area contributed by atoms with Crippen molar-refractivity contribution in [1.82, 2.24) is 5.32 Å². The van der Waals surface area contributed by atoms with Crippen molar-refractivity contribution in [3.63, 3.8) is 0 Å². The number of hydrogen-bond donors (Lipinski definition) is 2. The number of carbonyl (C=O) groups excluding carboxylic acids is 3. The summed E-state index contributed by atoms with van der Waals surface area (Å²) in [4.78, 5) is 47.9. The maximum atomic E-state index is 12.1. The molecule has 0 saturated heterocycles. The van der Waals surface area contributed by atoms with Crippen molar-refractivity contribution in [2.75, 3.05) is 19.0 Å². The van der Waals surface area contributed by atoms with Gasteiger partial charge >= 0.3 is 5.97 Å². The van der Waals surface area contributed by atoms with Gasteiger partial charge in [-0.05, 0) is 36.4 Å². The Morgan fingerprint density at radius 1 is 1.10 bits per heavy atom. The highest BCUT2D eigenvalue weighted by Crippen LogP contribution is 2.18. The second-order valence-corrected chi connectivity index (χ2v) is 6.34. The summed E-state index contributed by atoms with van der Waals surface area (Å²) in [6, 6.07) is 11.6. The maximum absolute atomic E-state index is 12.1. The van der Waals surface area contributed by atoms with Crippen LogP contribution in [0, 0.1) is 0 Å². The van der Waals surface area contributed by atoms with Crippen LogP contribution in [0.5, 0.6) is 0 Å². The van der Waals surface area contributed by atoms with Crippen LogP contribution in [0.3, 0.4) is 0 Å². The molecule has 9 heteroatoms. The molecule has 0 bridgehead atoms. The van der Waals surface area contributed by atoms with Crippen molar-refractivity contribution >= 4 is 46.0 Å². The summed E-state index contributed by atoms with van der Waals surface area (Å²) in [5.74, 6) is -2.23. The van der Waals surface area contributed by atoms with E-state index < -0.39 is 23.9 Å². The first-order valence-electron chi connectivity index (χ1n) is 8.40. The minimum absolute atomic E-state index is 0.171. The van der Waals surface area contributed by atoms with Crippen molar-refractivity contribution in [2.24, 2.45) is 0 Å². The lowest BCUT2D eigenvalue weighted by molar-refractivity contribution is -0.119. The molecular weight excluding hydrogens is 400 g/mol. The van der Waals surface area contributed by atoms with E-state index in [9.17, 15) is 19.2 Å². The zero-order valence-corrected chi connectivity index (χ0v) is 15.9. The largest absolute Gasteiger partial charge is 0.450 e. The summed E-state index contributed by atoms with van der Waals surface area (Å²) in [5, 5.41) is 5.57. The van der Waals surface area contributed by atoms with Crippen molar-refractivity contribution in [3.05, 3.63) is 75.1 Å². The van der Waals surface area contributed by atoms with Crippen molar-refractivity contribution < 1.29 is 23.5 Å². The quantitative estimate of drug-likeness (QED) is 0.620. The molecule has 0 unspecified atom stereocenters. The predicted octanol–water partition coefficient (Wildman–Crippen LogP) is 2.60. The Bertz CT molecular complexity index is 1170. The number of esters is 1. The Morgan fingerprint density at radius 2 is 1.90 bits per heavy atom. The first kappa shape index (κ1) is 20.1. The molecule has 1 aromatic heterocycles. The van der Waals surface area contributed by atoms with Gasteiger partial charge in [0.05, 0.1) is 5.39 Å². The standard InChI is InChI=1S/C20H15ClN2O6/c1-22-19(26)11-3-2-4-13(7-11)23-18(25)10-28-20(27)17-9-15(24)14-8-12(21)5-6-16(14)29-17/h2-9H,10H2,1H3,(H,22,26)(H,23,25). The van der Waals surface area contributed by atoms with Gasteiger partial charge < -0.3 is 19.8 Å². The van der Waals surface area contributed by atoms with E-state index in [0.717, 1.165) is 6.07 Å². The summed E-state index contributed by atoms with van der Waals surface area (Å²) in [6.45, 7) is -0.606. The molecule has 2 aromatic carbocycles. The van der Waals surface area contributed by atoms with Crippen LogP contribution in [0.4, 0.5) is 5.69 Å². The third-order valence-corrected chi connectivity index (χ3v) is 4.10. The average molecular weight is 415 g/mol. The highest BCUT2D eigenvalue weighted by atomic mass is 35.5. The number of benzene rings is 2. The number of amides is 2. The molecule has 3 aromatic rings. The Balaban J connectivity index is 1.65. The van der Waals surface area contributed by atoms with Crippen molar-refractivity contribution in [2.45, 2.75) is 0 Å². The number of halogens is 1. The highest BCUT2D eigenvalue weighted by Gasteiger charge is 2.16. The second-order valence-electron chi connectivity index (χ2n) is 5.90. The lowest BCUT2D eigenvalue weighted by Crippen LogP contribution is -2.22. The van der Waals surface area contributed by atoms with E-state index in [0.29, 0.717) is 16.3 Å². The summed E-state index contributed by atoms with van der Waals surface area (Å²) >= 11 is 5.84. The minimum Gasteiger partial charge on any atom is -0.450 e. The number of carbonyl (C=O) groups is 3. The molecule has 0 spiro atoms. The van der Waals surface area contributed by atoms with Gasteiger partial charge in [-0.3, -0.25) is 14.4 Å². The van der Waals surface area contributed by atoms with Crippen LogP contribution >= 0.6 is 11.6 Å². The molecule has 3 rings (SSSR count). The van der Waals surface area contributed by atoms with Gasteiger partial charge in [-0.15, -0.1) is 0 Å². The monoisotopic (exact) mass is 414 g/mol. The third kappa shape index (κ3) is 4.80. The van der Waals surface area contributed by atoms with Crippen LogP contribution in [0.15, 0.2) is 57.7 Å². The van der Waals surface area contributed by atoms with E-state index in [1.807, 2.05) is 0 Å². The molecule has 0 aliphatic rings. The molecule has 1 heterocycles. The molecule has 148 valence electrons. The molecule has 0 aliphatic heterocycles. The van der Waals surface area contributed by atoms with Gasteiger partial charge in [0.2, 0.25) is 5.76 Å². The lowest BCUT2D eigenvalue weighted by Gasteiger charge is -2.08. The predicted molar refractivity (Wildman–Crippen MR) is 106 cm³/mol. The molecule has 2 N–H and O–H groups in total. The Hall–Kier alpha value is -3.65. The van der Waals surface area contributed by atoms with Crippen LogP contribution in [0.2, 0.25) is 5.02 Å². The lowest BCUT2D eigenvalue weighted by atomic mass is 10.2. The smallest absolute Gasteiger partial charge is 0.374 e. The van der Waals surface area contributed by atoms with Crippen molar-refractivity contribution in [1.29, 1.82) is 0 Å². The highest BCUT2D eigenvalue weighted by molar-refractivity contribution is 6.31. The first-order valence-corrected chi connectivity index (χ1v) is 8.77. The molecule has 0 atom stereocenters. The summed E-state index contributed by atoms with van der Waals surface area (Å²) in [6.07, 6.45) is 0. The number of ether oxygens (including phenoxy) is 1. The van der Waals surface area contributed by atoms with Crippen molar-refractivity contribution in [3.8, 4) is 0 Å². The number of nitrogens with one attached hydrogen (secondary N) is 2. The van der Waals surface area contributed by atoms with Gasteiger partial charge in [0.15, 0.2) is 12.0 Å². The minimum atomic E-state index is -0.965. The first-order chi connectivity index (χ1) is 13.9. The fourth-order valence-corrected chi connectivity index (χ4v) is 2.68. The Morgan fingerprint density at radius 3 is 2.66 bits per heavy atom. The zero-order valence-electron chi connectivity index (χ0n) is 15.2. The number of rotatable bonds is 5. The molecule has 0 saturated carbocycles. The fourth-order valence-electron chi connectivity index (χ4n) is 2.51. The topological polar surface area (TPSA) is 115 Å². The van der Waals surface area contributed by atoms with Crippen LogP contribution in [0.25, 0.3) is 11.0 Å². The van der Waals surface area contributed by atoms with Crippen LogP contribution in [-0.2, 0) is 9.53 Å². The van der Waals surface area contributed by atoms with E-state index >= 15 is 0 Å². The van der Waals surface area contributed by atoms with E-state index in [-0.39, 0.29) is 22.6 Å². The fraction of sp³-hybridized carbons (Fsp3) is 0.100. The van der Waals surface area contributed by atoms with Gasteiger partial charge in [-0.2, -0.15) is 0 Å². The van der Waals surface area contributed by atoms with Gasteiger partial charge in [0, 0.05) is 29.4 Å². The van der Waals surface area contributed by atoms with E-state index in [1.165, 1.54) is 31.3 Å². The number of anilines is 1. The molecule has 0 aliphatic carbocycles. The number of hydrogen-bond acceptors (Lipinski definition) is 6. The van der Waals surface area contributed by atoms with E-state index in [4.69, 9.17) is 20.8 Å². The SMILES string of the molecule is CNC(=O)c1cccc(NC(=O)COC(=O)c2cc(=O)c3cc(Cl)ccc3o2)c1. The van der Waals surface area contributed by atoms with Gasteiger partial charge in [-0.1, -0.05) is 17.7 Å².